The summed E-state index contributed by atoms with van der Waals surface area (Å²) in [7, 11) is 1.18. The van der Waals surface area contributed by atoms with E-state index in [0.717, 1.165) is 5.56 Å². The summed E-state index contributed by atoms with van der Waals surface area (Å²) in [4.78, 5) is 51.9. The smallest absolute Gasteiger partial charge is 0.328 e. The SMILES string of the molecule is COC(=O)[C@H](Cc1ccccc1)NC(=O)[C@H](CC(=O)O)NC(=O)Nc1cccnc1. The molecule has 0 aliphatic carbocycles. The minimum atomic E-state index is -1.41. The van der Waals surface area contributed by atoms with Crippen LogP contribution in [0.3, 0.4) is 0 Å². The van der Waals surface area contributed by atoms with E-state index in [2.05, 4.69) is 20.9 Å². The number of carboxylic acids is 1. The summed E-state index contributed by atoms with van der Waals surface area (Å²) in [6, 6.07) is 8.84. The summed E-state index contributed by atoms with van der Waals surface area (Å²) in [5.41, 5.74) is 1.13. The van der Waals surface area contributed by atoms with Crippen LogP contribution < -0.4 is 16.0 Å². The third kappa shape index (κ3) is 7.23. The largest absolute Gasteiger partial charge is 0.481 e. The van der Waals surface area contributed by atoms with Crippen molar-refractivity contribution in [2.45, 2.75) is 24.9 Å². The van der Waals surface area contributed by atoms with Crippen LogP contribution in [0.5, 0.6) is 0 Å². The van der Waals surface area contributed by atoms with Gasteiger partial charge in [0, 0.05) is 12.6 Å². The summed E-state index contributed by atoms with van der Waals surface area (Å²) in [5, 5.41) is 16.3. The number of urea groups is 1. The van der Waals surface area contributed by atoms with Crippen molar-refractivity contribution >= 4 is 29.6 Å². The Bertz CT molecular complexity index is 875. The van der Waals surface area contributed by atoms with Crippen molar-refractivity contribution in [2.75, 3.05) is 12.4 Å². The minimum absolute atomic E-state index is 0.140. The highest BCUT2D eigenvalue weighted by Crippen LogP contribution is 2.07. The van der Waals surface area contributed by atoms with Gasteiger partial charge in [0.05, 0.1) is 25.4 Å². The van der Waals surface area contributed by atoms with Crippen LogP contribution in [0.25, 0.3) is 0 Å². The van der Waals surface area contributed by atoms with Crippen molar-refractivity contribution in [3.63, 3.8) is 0 Å². The van der Waals surface area contributed by atoms with Gasteiger partial charge in [0.25, 0.3) is 0 Å². The van der Waals surface area contributed by atoms with Gasteiger partial charge in [-0.3, -0.25) is 14.6 Å². The van der Waals surface area contributed by atoms with Crippen LogP contribution in [0, 0.1) is 0 Å². The first-order valence-electron chi connectivity index (χ1n) is 9.00. The zero-order valence-corrected chi connectivity index (χ0v) is 16.2. The molecule has 158 valence electrons. The molecule has 2 rings (SSSR count). The van der Waals surface area contributed by atoms with Gasteiger partial charge in [-0.15, -0.1) is 0 Å². The molecule has 0 fully saturated rings. The lowest BCUT2D eigenvalue weighted by atomic mass is 10.1. The van der Waals surface area contributed by atoms with E-state index in [0.29, 0.717) is 5.69 Å². The molecule has 0 radical (unpaired) electrons. The number of aromatic nitrogens is 1. The fourth-order valence-electron chi connectivity index (χ4n) is 2.60. The second-order valence-corrected chi connectivity index (χ2v) is 6.26. The number of methoxy groups -OCH3 is 1. The lowest BCUT2D eigenvalue weighted by molar-refractivity contribution is -0.145. The van der Waals surface area contributed by atoms with Gasteiger partial charge in [-0.2, -0.15) is 0 Å². The topological polar surface area (TPSA) is 147 Å². The van der Waals surface area contributed by atoms with Crippen LogP contribution in [0.1, 0.15) is 12.0 Å². The minimum Gasteiger partial charge on any atom is -0.481 e. The number of hydrogen-bond donors (Lipinski definition) is 4. The molecule has 10 heteroatoms. The maximum atomic E-state index is 12.7. The van der Waals surface area contributed by atoms with E-state index in [1.807, 2.05) is 6.07 Å². The molecule has 2 aromatic rings. The Kier molecular flexibility index (Phi) is 8.30. The van der Waals surface area contributed by atoms with Gasteiger partial charge >= 0.3 is 18.0 Å². The summed E-state index contributed by atoms with van der Waals surface area (Å²) in [6.45, 7) is 0. The number of benzene rings is 1. The molecular weight excluding hydrogens is 392 g/mol. The molecule has 1 heterocycles. The number of pyridine rings is 1. The fourth-order valence-corrected chi connectivity index (χ4v) is 2.60. The first-order chi connectivity index (χ1) is 14.4. The predicted molar refractivity (Wildman–Crippen MR) is 107 cm³/mol. The van der Waals surface area contributed by atoms with Gasteiger partial charge in [-0.1, -0.05) is 30.3 Å². The van der Waals surface area contributed by atoms with Crippen LogP contribution in [-0.4, -0.2) is 53.2 Å². The highest BCUT2D eigenvalue weighted by atomic mass is 16.5. The standard InChI is InChI=1S/C20H22N4O6/c1-30-19(28)16(10-13-6-3-2-4-7-13)23-18(27)15(11-17(25)26)24-20(29)22-14-8-5-9-21-12-14/h2-9,12,15-16H,10-11H2,1H3,(H,23,27)(H,25,26)(H2,22,24,29)/t15-,16-/m0/s1. The van der Waals surface area contributed by atoms with Crippen molar-refractivity contribution < 1.29 is 29.0 Å². The molecule has 30 heavy (non-hydrogen) atoms. The van der Waals surface area contributed by atoms with E-state index in [1.54, 1.807) is 36.4 Å². The monoisotopic (exact) mass is 414 g/mol. The van der Waals surface area contributed by atoms with E-state index in [-0.39, 0.29) is 6.42 Å². The van der Waals surface area contributed by atoms with Gasteiger partial charge in [-0.05, 0) is 17.7 Å². The van der Waals surface area contributed by atoms with Crippen molar-refractivity contribution in [2.24, 2.45) is 0 Å². The second kappa shape index (κ2) is 11.1. The van der Waals surface area contributed by atoms with Gasteiger partial charge in [0.2, 0.25) is 5.91 Å². The number of ether oxygens (including phenoxy) is 1. The molecule has 0 saturated heterocycles. The number of carboxylic acid groups (broad SMARTS) is 1. The molecule has 1 aromatic heterocycles. The number of carbonyl (C=O) groups excluding carboxylic acids is 3. The lowest BCUT2D eigenvalue weighted by Gasteiger charge is -2.21. The van der Waals surface area contributed by atoms with Gasteiger partial charge in [-0.25, -0.2) is 9.59 Å². The Balaban J connectivity index is 2.08. The summed E-state index contributed by atoms with van der Waals surface area (Å²) >= 11 is 0. The van der Waals surface area contributed by atoms with Crippen LogP contribution in [0.4, 0.5) is 10.5 Å². The molecule has 4 N–H and O–H groups in total. The predicted octanol–water partition coefficient (Wildman–Crippen LogP) is 0.947. The number of hydrogen-bond acceptors (Lipinski definition) is 6. The third-order valence-electron chi connectivity index (χ3n) is 4.00. The molecule has 0 aliphatic rings. The molecule has 0 saturated carbocycles. The molecular formula is C20H22N4O6. The number of carbonyl (C=O) groups is 4. The summed E-state index contributed by atoms with van der Waals surface area (Å²) in [5.74, 6) is -2.82. The van der Waals surface area contributed by atoms with Crippen molar-refractivity contribution in [3.8, 4) is 0 Å². The maximum Gasteiger partial charge on any atom is 0.328 e. The number of nitrogens with zero attached hydrogens (tertiary/aromatic N) is 1. The number of esters is 1. The van der Waals surface area contributed by atoms with E-state index in [1.165, 1.54) is 19.5 Å². The molecule has 1 aromatic carbocycles. The second-order valence-electron chi connectivity index (χ2n) is 6.26. The fraction of sp³-hybridized carbons (Fsp3) is 0.250. The van der Waals surface area contributed by atoms with E-state index < -0.39 is 42.4 Å². The first-order valence-corrected chi connectivity index (χ1v) is 9.00. The quantitative estimate of drug-likeness (QED) is 0.447. The average Bonchev–Trinajstić information content (AvgIpc) is 2.73. The average molecular weight is 414 g/mol. The Morgan fingerprint density at radius 1 is 1.03 bits per heavy atom. The molecule has 10 nitrogen and oxygen atoms in total. The molecule has 0 spiro atoms. The Hall–Kier alpha value is -3.95. The number of rotatable bonds is 9. The van der Waals surface area contributed by atoms with Crippen LogP contribution in [0.15, 0.2) is 54.9 Å². The zero-order valence-electron chi connectivity index (χ0n) is 16.2. The normalized spacial score (nSPS) is 12.2. The Morgan fingerprint density at radius 2 is 1.77 bits per heavy atom. The number of aliphatic carboxylic acids is 1. The van der Waals surface area contributed by atoms with Crippen LogP contribution in [0.2, 0.25) is 0 Å². The molecule has 0 unspecified atom stereocenters. The zero-order chi connectivity index (χ0) is 21.9. The Morgan fingerprint density at radius 3 is 2.37 bits per heavy atom. The Labute approximate surface area is 172 Å². The van der Waals surface area contributed by atoms with E-state index >= 15 is 0 Å². The highest BCUT2D eigenvalue weighted by molar-refractivity contribution is 5.96. The van der Waals surface area contributed by atoms with Gasteiger partial charge in [0.1, 0.15) is 12.1 Å². The first kappa shape index (κ1) is 22.3. The number of amides is 3. The maximum absolute atomic E-state index is 12.7. The summed E-state index contributed by atoms with van der Waals surface area (Å²) < 4.78 is 4.73. The number of anilines is 1. The van der Waals surface area contributed by atoms with E-state index in [4.69, 9.17) is 9.84 Å². The highest BCUT2D eigenvalue weighted by Gasteiger charge is 2.29. The van der Waals surface area contributed by atoms with Gasteiger partial charge < -0.3 is 25.8 Å². The summed E-state index contributed by atoms with van der Waals surface area (Å²) in [6.07, 6.45) is 2.37. The van der Waals surface area contributed by atoms with Crippen molar-refractivity contribution in [1.29, 1.82) is 0 Å². The van der Waals surface area contributed by atoms with Crippen LogP contribution in [-0.2, 0) is 25.5 Å². The van der Waals surface area contributed by atoms with E-state index in [9.17, 15) is 19.2 Å². The van der Waals surface area contributed by atoms with Gasteiger partial charge in [0.15, 0.2) is 0 Å². The molecule has 2 atom stereocenters. The molecule has 0 aliphatic heterocycles. The number of nitrogens with one attached hydrogen (secondary N) is 3. The molecule has 0 bridgehead atoms. The lowest BCUT2D eigenvalue weighted by Crippen LogP contribution is -2.53. The third-order valence-corrected chi connectivity index (χ3v) is 4.00. The van der Waals surface area contributed by atoms with Crippen LogP contribution >= 0.6 is 0 Å². The van der Waals surface area contributed by atoms with Crippen molar-refractivity contribution in [1.82, 2.24) is 15.6 Å². The van der Waals surface area contributed by atoms with Crippen molar-refractivity contribution in [3.05, 3.63) is 60.4 Å². The molecule has 3 amide bonds.